The Kier molecular flexibility index (Phi) is 4.03. The maximum absolute atomic E-state index is 10.8. The summed E-state index contributed by atoms with van der Waals surface area (Å²) in [6, 6.07) is 1.46. The van der Waals surface area contributed by atoms with Crippen molar-refractivity contribution >= 4 is 29.3 Å². The van der Waals surface area contributed by atoms with Crippen LogP contribution in [-0.4, -0.2) is 37.0 Å². The molecular formula is C11H13N3O4S. The summed E-state index contributed by atoms with van der Waals surface area (Å²) in [6.07, 6.45) is 0.832. The molecule has 0 aliphatic carbocycles. The molecule has 2 heterocycles. The molecule has 2 aromatic heterocycles. The van der Waals surface area contributed by atoms with Crippen LogP contribution in [0.4, 0.5) is 5.69 Å². The fourth-order valence-corrected chi connectivity index (χ4v) is 2.10. The molecule has 2 atom stereocenters. The number of aliphatic hydroxyl groups is 2. The molecule has 7 nitrogen and oxygen atoms in total. The van der Waals surface area contributed by atoms with Gasteiger partial charge in [-0.05, 0) is 18.2 Å². The number of thiol groups is 1. The molecule has 0 amide bonds. The summed E-state index contributed by atoms with van der Waals surface area (Å²) in [7, 11) is 0. The average Bonchev–Trinajstić information content (AvgIpc) is 2.80. The van der Waals surface area contributed by atoms with Crippen molar-refractivity contribution in [3.63, 3.8) is 0 Å². The molecule has 0 radical (unpaired) electrons. The van der Waals surface area contributed by atoms with Crippen LogP contribution >= 0.6 is 12.6 Å². The van der Waals surface area contributed by atoms with Gasteiger partial charge in [0.15, 0.2) is 0 Å². The van der Waals surface area contributed by atoms with Crippen LogP contribution in [0, 0.1) is 10.1 Å². The molecule has 102 valence electrons. The van der Waals surface area contributed by atoms with E-state index in [0.29, 0.717) is 28.8 Å². The van der Waals surface area contributed by atoms with Gasteiger partial charge in [-0.15, -0.1) is 0 Å². The molecule has 2 unspecified atom stereocenters. The quantitative estimate of drug-likeness (QED) is 0.374. The van der Waals surface area contributed by atoms with E-state index in [2.05, 4.69) is 22.6 Å². The van der Waals surface area contributed by atoms with Crippen molar-refractivity contribution in [1.82, 2.24) is 9.97 Å². The van der Waals surface area contributed by atoms with Gasteiger partial charge in [0, 0.05) is 11.8 Å². The number of H-pyrrole nitrogens is 1. The Morgan fingerprint density at radius 1 is 1.53 bits per heavy atom. The van der Waals surface area contributed by atoms with Crippen LogP contribution in [0.1, 0.15) is 18.1 Å². The van der Waals surface area contributed by atoms with Crippen molar-refractivity contribution in [2.45, 2.75) is 18.6 Å². The number of nitrogens with one attached hydrogen (secondary N) is 1. The lowest BCUT2D eigenvalue weighted by Gasteiger charge is -2.16. The highest BCUT2D eigenvalue weighted by atomic mass is 32.1. The highest BCUT2D eigenvalue weighted by molar-refractivity contribution is 7.80. The van der Waals surface area contributed by atoms with E-state index in [4.69, 9.17) is 0 Å². The van der Waals surface area contributed by atoms with Gasteiger partial charge in [-0.1, -0.05) is 0 Å². The average molecular weight is 283 g/mol. The van der Waals surface area contributed by atoms with E-state index in [1.165, 1.54) is 18.5 Å². The summed E-state index contributed by atoms with van der Waals surface area (Å²) in [5.41, 5.74) is 0.594. The van der Waals surface area contributed by atoms with E-state index in [9.17, 15) is 20.3 Å². The molecule has 0 saturated heterocycles. The SMILES string of the molecule is O=[N+]([O-])c1c[nH]c2ncc(C(O)C(O)CCS)cc12. The lowest BCUT2D eigenvalue weighted by molar-refractivity contribution is -0.383. The third-order valence-corrected chi connectivity index (χ3v) is 3.12. The Balaban J connectivity index is 2.39. The van der Waals surface area contributed by atoms with Gasteiger partial charge in [0.2, 0.25) is 0 Å². The standard InChI is InChI=1S/C11H13N3O4S/c15-9(1-2-19)10(16)6-3-7-8(14(17)18)5-13-11(7)12-4-6/h3-5,9-10,15-16,19H,1-2H2,(H,12,13). The summed E-state index contributed by atoms with van der Waals surface area (Å²) < 4.78 is 0. The number of rotatable bonds is 5. The smallest absolute Gasteiger partial charge is 0.296 e. The van der Waals surface area contributed by atoms with Crippen LogP contribution in [-0.2, 0) is 0 Å². The predicted molar refractivity (Wildman–Crippen MR) is 72.2 cm³/mol. The number of pyridine rings is 1. The fraction of sp³-hybridized carbons (Fsp3) is 0.364. The van der Waals surface area contributed by atoms with E-state index >= 15 is 0 Å². The lowest BCUT2D eigenvalue weighted by Crippen LogP contribution is -2.18. The Morgan fingerprint density at radius 3 is 2.89 bits per heavy atom. The zero-order valence-corrected chi connectivity index (χ0v) is 10.7. The van der Waals surface area contributed by atoms with Gasteiger partial charge in [0.25, 0.3) is 5.69 Å². The minimum absolute atomic E-state index is 0.111. The van der Waals surface area contributed by atoms with E-state index < -0.39 is 17.1 Å². The minimum Gasteiger partial charge on any atom is -0.390 e. The topological polar surface area (TPSA) is 112 Å². The van der Waals surface area contributed by atoms with Gasteiger partial charge < -0.3 is 15.2 Å². The Morgan fingerprint density at radius 2 is 2.26 bits per heavy atom. The minimum atomic E-state index is -1.14. The Hall–Kier alpha value is -1.64. The second kappa shape index (κ2) is 5.55. The highest BCUT2D eigenvalue weighted by Crippen LogP contribution is 2.27. The number of hydrogen-bond donors (Lipinski definition) is 4. The van der Waals surface area contributed by atoms with Gasteiger partial charge in [0.05, 0.1) is 22.6 Å². The molecule has 0 aromatic carbocycles. The Bertz CT molecular complexity index is 601. The first-order valence-corrected chi connectivity index (χ1v) is 6.26. The Labute approximate surface area is 113 Å². The molecule has 0 spiro atoms. The van der Waals surface area contributed by atoms with Crippen molar-refractivity contribution in [2.75, 3.05) is 5.75 Å². The summed E-state index contributed by atoms with van der Waals surface area (Å²) in [5.74, 6) is 0.429. The van der Waals surface area contributed by atoms with Crippen molar-refractivity contribution in [3.8, 4) is 0 Å². The first-order chi connectivity index (χ1) is 9.04. The van der Waals surface area contributed by atoms with E-state index in [0.717, 1.165) is 0 Å². The number of fused-ring (bicyclic) bond motifs is 1. The number of aliphatic hydroxyl groups excluding tert-OH is 2. The van der Waals surface area contributed by atoms with Gasteiger partial charge in [-0.2, -0.15) is 12.6 Å². The molecule has 2 rings (SSSR count). The summed E-state index contributed by atoms with van der Waals surface area (Å²) in [4.78, 5) is 17.0. The van der Waals surface area contributed by atoms with Gasteiger partial charge in [-0.25, -0.2) is 4.98 Å². The second-order valence-electron chi connectivity index (χ2n) is 4.12. The van der Waals surface area contributed by atoms with E-state index in [-0.39, 0.29) is 5.69 Å². The van der Waals surface area contributed by atoms with Crippen molar-refractivity contribution < 1.29 is 15.1 Å². The molecule has 3 N–H and O–H groups in total. The molecular weight excluding hydrogens is 270 g/mol. The van der Waals surface area contributed by atoms with Crippen LogP contribution < -0.4 is 0 Å². The van der Waals surface area contributed by atoms with E-state index in [1.54, 1.807) is 0 Å². The lowest BCUT2D eigenvalue weighted by atomic mass is 10.0. The van der Waals surface area contributed by atoms with Crippen LogP contribution in [0.2, 0.25) is 0 Å². The predicted octanol–water partition coefficient (Wildman–Crippen LogP) is 1.19. The number of aromatic amines is 1. The molecule has 0 saturated carbocycles. The zero-order chi connectivity index (χ0) is 14.0. The first-order valence-electron chi connectivity index (χ1n) is 5.63. The number of hydrogen-bond acceptors (Lipinski definition) is 6. The summed E-state index contributed by atoms with van der Waals surface area (Å²) in [5, 5.41) is 30.8. The number of nitrogens with zero attached hydrogens (tertiary/aromatic N) is 2. The van der Waals surface area contributed by atoms with E-state index in [1.807, 2.05) is 0 Å². The third-order valence-electron chi connectivity index (χ3n) is 2.86. The zero-order valence-electron chi connectivity index (χ0n) is 9.85. The molecule has 0 bridgehead atoms. The maximum Gasteiger partial charge on any atom is 0.296 e. The first kappa shape index (κ1) is 13.8. The molecule has 19 heavy (non-hydrogen) atoms. The summed E-state index contributed by atoms with van der Waals surface area (Å²) in [6.45, 7) is 0. The van der Waals surface area contributed by atoms with Crippen LogP contribution in [0.3, 0.4) is 0 Å². The molecule has 0 fully saturated rings. The van der Waals surface area contributed by atoms with Crippen molar-refractivity contribution in [1.29, 1.82) is 0 Å². The molecule has 8 heteroatoms. The largest absolute Gasteiger partial charge is 0.390 e. The van der Waals surface area contributed by atoms with Crippen LogP contribution in [0.5, 0.6) is 0 Å². The van der Waals surface area contributed by atoms with Crippen LogP contribution in [0.15, 0.2) is 18.5 Å². The monoisotopic (exact) mass is 283 g/mol. The fourth-order valence-electron chi connectivity index (χ4n) is 1.83. The summed E-state index contributed by atoms with van der Waals surface area (Å²) >= 11 is 3.98. The van der Waals surface area contributed by atoms with Gasteiger partial charge >= 0.3 is 0 Å². The van der Waals surface area contributed by atoms with Gasteiger partial charge in [0.1, 0.15) is 11.8 Å². The van der Waals surface area contributed by atoms with Crippen molar-refractivity contribution in [2.24, 2.45) is 0 Å². The molecule has 0 aliphatic rings. The normalized spacial score (nSPS) is 14.5. The molecule has 0 aliphatic heterocycles. The third kappa shape index (κ3) is 2.70. The number of aromatic nitrogens is 2. The maximum atomic E-state index is 10.8. The number of nitro groups is 1. The van der Waals surface area contributed by atoms with Gasteiger partial charge in [-0.3, -0.25) is 10.1 Å². The van der Waals surface area contributed by atoms with Crippen LogP contribution in [0.25, 0.3) is 11.0 Å². The highest BCUT2D eigenvalue weighted by Gasteiger charge is 2.21. The van der Waals surface area contributed by atoms with Crippen molar-refractivity contribution in [3.05, 3.63) is 34.1 Å². The molecule has 2 aromatic rings. The second-order valence-corrected chi connectivity index (χ2v) is 4.57.